The number of hydrogen-bond donors (Lipinski definition) is 1. The van der Waals surface area contributed by atoms with Gasteiger partial charge in [-0.25, -0.2) is 4.98 Å². The molecule has 0 unspecified atom stereocenters. The van der Waals surface area contributed by atoms with E-state index in [1.807, 2.05) is 42.5 Å². The first-order valence-electron chi connectivity index (χ1n) is 7.26. The molecule has 0 saturated heterocycles. The summed E-state index contributed by atoms with van der Waals surface area (Å²) in [5.41, 5.74) is 2.85. The number of nitrogens with one attached hydrogen (secondary N) is 1. The van der Waals surface area contributed by atoms with E-state index < -0.39 is 0 Å². The summed E-state index contributed by atoms with van der Waals surface area (Å²) < 4.78 is 12.3. The van der Waals surface area contributed by atoms with Gasteiger partial charge in [0.05, 0.1) is 30.9 Å². The van der Waals surface area contributed by atoms with Gasteiger partial charge in [0.2, 0.25) is 5.65 Å². The zero-order chi connectivity index (χ0) is 16.5. The van der Waals surface area contributed by atoms with E-state index in [1.54, 1.807) is 18.7 Å². The third-order valence-corrected chi connectivity index (χ3v) is 3.68. The highest BCUT2D eigenvalue weighted by molar-refractivity contribution is 5.84. The zero-order valence-electron chi connectivity index (χ0n) is 13.1. The minimum Gasteiger partial charge on any atom is -0.497 e. The van der Waals surface area contributed by atoms with Gasteiger partial charge in [-0.15, -0.1) is 5.10 Å². The fraction of sp³-hybridized carbons (Fsp3) is 0.125. The summed E-state index contributed by atoms with van der Waals surface area (Å²) in [7, 11) is 3.22. The molecule has 4 aromatic rings. The molecule has 1 N–H and O–H groups in total. The molecule has 0 aliphatic rings. The number of aromatic nitrogens is 5. The van der Waals surface area contributed by atoms with Crippen LogP contribution in [0.5, 0.6) is 11.5 Å². The normalized spacial score (nSPS) is 10.9. The Labute approximate surface area is 137 Å². The molecule has 4 rings (SSSR count). The Bertz CT molecular complexity index is 1030. The Morgan fingerprint density at radius 2 is 1.92 bits per heavy atom. The number of benzene rings is 2. The van der Waals surface area contributed by atoms with E-state index in [2.05, 4.69) is 25.8 Å². The molecule has 0 fully saturated rings. The highest BCUT2D eigenvalue weighted by Crippen LogP contribution is 2.32. The highest BCUT2D eigenvalue weighted by atomic mass is 16.5. The molecular weight excluding hydrogens is 308 g/mol. The molecule has 8 heteroatoms. The van der Waals surface area contributed by atoms with E-state index in [4.69, 9.17) is 9.47 Å². The van der Waals surface area contributed by atoms with Crippen molar-refractivity contribution in [3.63, 3.8) is 0 Å². The average molecular weight is 322 g/mol. The number of nitrogens with zero attached hydrogens (tertiary/aromatic N) is 5. The van der Waals surface area contributed by atoms with Crippen molar-refractivity contribution in [1.82, 2.24) is 25.0 Å². The number of rotatable bonds is 4. The van der Waals surface area contributed by atoms with Gasteiger partial charge < -0.3 is 14.8 Å². The van der Waals surface area contributed by atoms with Gasteiger partial charge in [-0.05, 0) is 34.7 Å². The minimum absolute atomic E-state index is 0.526. The second kappa shape index (κ2) is 5.65. The molecule has 8 nitrogen and oxygen atoms in total. The molecule has 0 amide bonds. The number of anilines is 2. The standard InChI is InChI=1S/C16H14N6O2/c1-23-10-7-8-14(24-2)12(9-10)18-15-16-19-20-21-22(16)13-6-4-3-5-11(13)17-15/h3-9H,1-2H3,(H,17,18). The molecule has 2 aromatic heterocycles. The van der Waals surface area contributed by atoms with Crippen LogP contribution in [0.3, 0.4) is 0 Å². The van der Waals surface area contributed by atoms with Crippen LogP contribution >= 0.6 is 0 Å². The van der Waals surface area contributed by atoms with Crippen molar-refractivity contribution in [3.8, 4) is 11.5 Å². The van der Waals surface area contributed by atoms with Crippen LogP contribution in [0.25, 0.3) is 16.7 Å². The van der Waals surface area contributed by atoms with Crippen molar-refractivity contribution in [3.05, 3.63) is 42.5 Å². The summed E-state index contributed by atoms with van der Waals surface area (Å²) in [6, 6.07) is 13.1. The van der Waals surface area contributed by atoms with Crippen molar-refractivity contribution in [2.24, 2.45) is 0 Å². The lowest BCUT2D eigenvalue weighted by Crippen LogP contribution is -2.02. The summed E-state index contributed by atoms with van der Waals surface area (Å²) in [4.78, 5) is 4.63. The van der Waals surface area contributed by atoms with E-state index in [-0.39, 0.29) is 0 Å². The van der Waals surface area contributed by atoms with E-state index in [0.29, 0.717) is 28.7 Å². The van der Waals surface area contributed by atoms with Crippen LogP contribution in [0.1, 0.15) is 0 Å². The van der Waals surface area contributed by atoms with Gasteiger partial charge in [-0.3, -0.25) is 0 Å². The third-order valence-electron chi connectivity index (χ3n) is 3.68. The second-order valence-corrected chi connectivity index (χ2v) is 5.05. The largest absolute Gasteiger partial charge is 0.497 e. The lowest BCUT2D eigenvalue weighted by atomic mass is 10.2. The van der Waals surface area contributed by atoms with Gasteiger partial charge in [-0.2, -0.15) is 4.52 Å². The van der Waals surface area contributed by atoms with E-state index in [9.17, 15) is 0 Å². The maximum absolute atomic E-state index is 5.39. The van der Waals surface area contributed by atoms with E-state index >= 15 is 0 Å². The minimum atomic E-state index is 0.526. The number of tetrazole rings is 1. The second-order valence-electron chi connectivity index (χ2n) is 5.05. The lowest BCUT2D eigenvalue weighted by molar-refractivity contribution is 0.405. The fourth-order valence-electron chi connectivity index (χ4n) is 2.53. The van der Waals surface area contributed by atoms with Crippen LogP contribution in [-0.4, -0.2) is 39.2 Å². The quantitative estimate of drug-likeness (QED) is 0.617. The highest BCUT2D eigenvalue weighted by Gasteiger charge is 2.14. The predicted molar refractivity (Wildman–Crippen MR) is 88.9 cm³/mol. The topological polar surface area (TPSA) is 86.5 Å². The summed E-state index contributed by atoms with van der Waals surface area (Å²) in [6.45, 7) is 0. The van der Waals surface area contributed by atoms with E-state index in [1.165, 1.54) is 0 Å². The van der Waals surface area contributed by atoms with Crippen molar-refractivity contribution < 1.29 is 9.47 Å². The first kappa shape index (κ1) is 14.2. The van der Waals surface area contributed by atoms with Crippen LogP contribution in [-0.2, 0) is 0 Å². The van der Waals surface area contributed by atoms with Crippen molar-refractivity contribution in [1.29, 1.82) is 0 Å². The molecule has 0 radical (unpaired) electrons. The maximum atomic E-state index is 5.39. The number of ether oxygens (including phenoxy) is 2. The molecular formula is C16H14N6O2. The first-order chi connectivity index (χ1) is 11.8. The smallest absolute Gasteiger partial charge is 0.222 e. The molecule has 120 valence electrons. The van der Waals surface area contributed by atoms with Crippen LogP contribution in [0, 0.1) is 0 Å². The summed E-state index contributed by atoms with van der Waals surface area (Å²) in [5, 5.41) is 15.1. The Kier molecular flexibility index (Phi) is 3.34. The number of hydrogen-bond acceptors (Lipinski definition) is 7. The number of fused-ring (bicyclic) bond motifs is 3. The molecule has 0 spiro atoms. The van der Waals surface area contributed by atoms with Crippen LogP contribution in [0.4, 0.5) is 11.5 Å². The third kappa shape index (κ3) is 2.24. The predicted octanol–water partition coefficient (Wildman–Crippen LogP) is 2.43. The van der Waals surface area contributed by atoms with Gasteiger partial charge in [0.1, 0.15) is 11.5 Å². The van der Waals surface area contributed by atoms with Gasteiger partial charge >= 0.3 is 0 Å². The molecule has 2 aromatic carbocycles. The van der Waals surface area contributed by atoms with Crippen LogP contribution < -0.4 is 14.8 Å². The molecule has 24 heavy (non-hydrogen) atoms. The first-order valence-corrected chi connectivity index (χ1v) is 7.26. The summed E-state index contributed by atoms with van der Waals surface area (Å²) in [5.74, 6) is 1.90. The monoisotopic (exact) mass is 322 g/mol. The van der Waals surface area contributed by atoms with Crippen LogP contribution in [0.2, 0.25) is 0 Å². The number of methoxy groups -OCH3 is 2. The molecule has 0 atom stereocenters. The molecule has 0 bridgehead atoms. The Hall–Kier alpha value is -3.42. The van der Waals surface area contributed by atoms with Gasteiger partial charge in [0.15, 0.2) is 5.82 Å². The van der Waals surface area contributed by atoms with Crippen molar-refractivity contribution in [2.45, 2.75) is 0 Å². The molecule has 0 aliphatic carbocycles. The summed E-state index contributed by atoms with van der Waals surface area (Å²) >= 11 is 0. The maximum Gasteiger partial charge on any atom is 0.222 e. The molecule has 0 saturated carbocycles. The molecule has 2 heterocycles. The Morgan fingerprint density at radius 1 is 1.04 bits per heavy atom. The van der Waals surface area contributed by atoms with Crippen molar-refractivity contribution >= 4 is 28.2 Å². The van der Waals surface area contributed by atoms with Crippen molar-refractivity contribution in [2.75, 3.05) is 19.5 Å². The lowest BCUT2D eigenvalue weighted by Gasteiger charge is -2.13. The molecule has 0 aliphatic heterocycles. The van der Waals surface area contributed by atoms with Gasteiger partial charge in [-0.1, -0.05) is 12.1 Å². The van der Waals surface area contributed by atoms with Gasteiger partial charge in [0.25, 0.3) is 0 Å². The van der Waals surface area contributed by atoms with E-state index in [0.717, 1.165) is 11.0 Å². The van der Waals surface area contributed by atoms with Crippen LogP contribution in [0.15, 0.2) is 42.5 Å². The zero-order valence-corrected chi connectivity index (χ0v) is 13.1. The van der Waals surface area contributed by atoms with Gasteiger partial charge in [0, 0.05) is 6.07 Å². The average Bonchev–Trinajstić information content (AvgIpc) is 3.12. The fourth-order valence-corrected chi connectivity index (χ4v) is 2.53. The SMILES string of the molecule is COc1ccc(OC)c(Nc2nc3ccccc3n3nnnc23)c1. The summed E-state index contributed by atoms with van der Waals surface area (Å²) in [6.07, 6.45) is 0. The number of para-hydroxylation sites is 2. The Balaban J connectivity index is 1.89. The Morgan fingerprint density at radius 3 is 2.75 bits per heavy atom.